The molecular weight excluding hydrogens is 372 g/mol. The van der Waals surface area contributed by atoms with Crippen LogP contribution >= 0.6 is 0 Å². The zero-order chi connectivity index (χ0) is 20.1. The van der Waals surface area contributed by atoms with Crippen LogP contribution in [0.2, 0.25) is 0 Å². The van der Waals surface area contributed by atoms with Crippen molar-refractivity contribution >= 4 is 23.5 Å². The van der Waals surface area contributed by atoms with E-state index >= 15 is 0 Å². The monoisotopic (exact) mass is 396 g/mol. The third-order valence-corrected chi connectivity index (χ3v) is 5.00. The minimum absolute atomic E-state index is 0.0446. The number of nitrogens with one attached hydrogen (secondary N) is 1. The van der Waals surface area contributed by atoms with E-state index in [2.05, 4.69) is 10.3 Å². The van der Waals surface area contributed by atoms with Gasteiger partial charge in [0.2, 0.25) is 0 Å². The number of hydrogen-bond acceptors (Lipinski definition) is 5. The Morgan fingerprint density at radius 2 is 2.21 bits per heavy atom. The molecule has 1 N–H and O–H groups in total. The fourth-order valence-electron chi connectivity index (χ4n) is 3.55. The molecule has 4 rings (SSSR count). The van der Waals surface area contributed by atoms with Gasteiger partial charge in [0, 0.05) is 43.5 Å². The number of carbonyl (C=O) groups excluding carboxylic acids is 2. The summed E-state index contributed by atoms with van der Waals surface area (Å²) >= 11 is 0. The van der Waals surface area contributed by atoms with E-state index in [1.54, 1.807) is 34.3 Å². The van der Waals surface area contributed by atoms with Crippen LogP contribution in [0.1, 0.15) is 18.4 Å². The van der Waals surface area contributed by atoms with E-state index in [0.29, 0.717) is 37.6 Å². The maximum Gasteiger partial charge on any atom is 0.414 e. The number of cyclic esters (lactones) is 1. The Morgan fingerprint density at radius 3 is 2.93 bits per heavy atom. The van der Waals surface area contributed by atoms with Gasteiger partial charge < -0.3 is 19.7 Å². The number of ether oxygens (including phenoxy) is 2. The van der Waals surface area contributed by atoms with Crippen molar-refractivity contribution in [3.63, 3.8) is 0 Å². The molecule has 1 aromatic heterocycles. The van der Waals surface area contributed by atoms with Gasteiger partial charge >= 0.3 is 12.1 Å². The number of amides is 3. The van der Waals surface area contributed by atoms with Gasteiger partial charge in [-0.3, -0.25) is 9.88 Å². The van der Waals surface area contributed by atoms with Crippen molar-refractivity contribution in [3.05, 3.63) is 54.4 Å². The van der Waals surface area contributed by atoms with Crippen LogP contribution in [-0.2, 0) is 16.0 Å². The van der Waals surface area contributed by atoms with Crippen LogP contribution < -0.4 is 10.2 Å². The molecule has 8 nitrogen and oxygen atoms in total. The second-order valence-electron chi connectivity index (χ2n) is 7.12. The largest absolute Gasteiger partial charge is 0.447 e. The van der Waals surface area contributed by atoms with E-state index in [1.165, 1.54) is 0 Å². The molecule has 0 unspecified atom stereocenters. The Balaban J connectivity index is 1.47. The average Bonchev–Trinajstić information content (AvgIpc) is 3.40. The molecule has 1 aromatic carbocycles. The van der Waals surface area contributed by atoms with Gasteiger partial charge in [-0.05, 0) is 42.7 Å². The molecule has 1 atom stereocenters. The van der Waals surface area contributed by atoms with E-state index in [9.17, 15) is 9.59 Å². The highest BCUT2D eigenvalue weighted by Gasteiger charge is 2.25. The number of aromatic nitrogens is 1. The molecule has 2 aliphatic rings. The van der Waals surface area contributed by atoms with Gasteiger partial charge in [-0.1, -0.05) is 12.1 Å². The smallest absolute Gasteiger partial charge is 0.414 e. The Hall–Kier alpha value is -3.13. The van der Waals surface area contributed by atoms with Crippen molar-refractivity contribution in [1.29, 1.82) is 0 Å². The second-order valence-corrected chi connectivity index (χ2v) is 7.12. The van der Waals surface area contributed by atoms with Crippen LogP contribution in [0.25, 0.3) is 0 Å². The Morgan fingerprint density at radius 1 is 1.28 bits per heavy atom. The quantitative estimate of drug-likeness (QED) is 0.810. The van der Waals surface area contributed by atoms with Crippen LogP contribution in [0.3, 0.4) is 0 Å². The number of hydrogen-bond donors (Lipinski definition) is 1. The first-order valence-electron chi connectivity index (χ1n) is 9.80. The topological polar surface area (TPSA) is 84.0 Å². The maximum absolute atomic E-state index is 13.0. The number of benzene rings is 1. The summed E-state index contributed by atoms with van der Waals surface area (Å²) in [6.07, 6.45) is 5.11. The minimum atomic E-state index is -0.370. The van der Waals surface area contributed by atoms with Gasteiger partial charge in [-0.25, -0.2) is 9.59 Å². The second kappa shape index (κ2) is 8.91. The Labute approximate surface area is 169 Å². The molecule has 0 bridgehead atoms. The Bertz CT molecular complexity index is 855. The first kappa shape index (κ1) is 19.2. The third-order valence-electron chi connectivity index (χ3n) is 5.00. The average molecular weight is 396 g/mol. The van der Waals surface area contributed by atoms with Crippen molar-refractivity contribution in [3.8, 4) is 0 Å². The highest BCUT2D eigenvalue weighted by atomic mass is 16.6. The molecule has 3 amide bonds. The molecule has 3 heterocycles. The van der Waals surface area contributed by atoms with Crippen molar-refractivity contribution in [2.24, 2.45) is 0 Å². The molecule has 0 saturated carbocycles. The summed E-state index contributed by atoms with van der Waals surface area (Å²) in [5, 5.41) is 2.95. The molecule has 0 aliphatic carbocycles. The molecule has 0 radical (unpaired) electrons. The summed E-state index contributed by atoms with van der Waals surface area (Å²) in [7, 11) is 0. The zero-order valence-electron chi connectivity index (χ0n) is 16.1. The lowest BCUT2D eigenvalue weighted by molar-refractivity contribution is 0.0819. The SMILES string of the molecule is O=C(Nc1cccc(N2CCOC2=O)c1)N(Cc1cccnc1)C[C@@H]1CCCO1. The van der Waals surface area contributed by atoms with Gasteiger partial charge in [-0.15, -0.1) is 0 Å². The predicted octanol–water partition coefficient (Wildman–Crippen LogP) is 3.25. The lowest BCUT2D eigenvalue weighted by atomic mass is 10.2. The summed E-state index contributed by atoms with van der Waals surface area (Å²) in [6.45, 7) is 2.57. The molecular formula is C21H24N4O4. The molecule has 29 heavy (non-hydrogen) atoms. The number of urea groups is 1. The lowest BCUT2D eigenvalue weighted by Gasteiger charge is -2.26. The molecule has 2 aromatic rings. The van der Waals surface area contributed by atoms with E-state index in [0.717, 1.165) is 25.0 Å². The summed E-state index contributed by atoms with van der Waals surface area (Å²) in [5.74, 6) is 0. The van der Waals surface area contributed by atoms with Gasteiger partial charge in [-0.2, -0.15) is 0 Å². The number of carbonyl (C=O) groups is 2. The number of rotatable bonds is 6. The van der Waals surface area contributed by atoms with Gasteiger partial charge in [0.25, 0.3) is 0 Å². The van der Waals surface area contributed by atoms with Crippen molar-refractivity contribution in [2.45, 2.75) is 25.5 Å². The molecule has 2 aliphatic heterocycles. The van der Waals surface area contributed by atoms with Crippen LogP contribution in [0, 0.1) is 0 Å². The summed E-state index contributed by atoms with van der Waals surface area (Å²) in [6, 6.07) is 10.8. The highest BCUT2D eigenvalue weighted by Crippen LogP contribution is 2.23. The molecule has 0 spiro atoms. The van der Waals surface area contributed by atoms with E-state index < -0.39 is 0 Å². The fourth-order valence-corrected chi connectivity index (χ4v) is 3.55. The van der Waals surface area contributed by atoms with Crippen LogP contribution in [-0.4, -0.2) is 54.4 Å². The number of anilines is 2. The van der Waals surface area contributed by atoms with Crippen molar-refractivity contribution < 1.29 is 19.1 Å². The fraction of sp³-hybridized carbons (Fsp3) is 0.381. The molecule has 152 valence electrons. The van der Waals surface area contributed by atoms with Crippen LogP contribution in [0.4, 0.5) is 21.0 Å². The van der Waals surface area contributed by atoms with Crippen molar-refractivity contribution in [1.82, 2.24) is 9.88 Å². The van der Waals surface area contributed by atoms with Crippen LogP contribution in [0.15, 0.2) is 48.8 Å². The summed E-state index contributed by atoms with van der Waals surface area (Å²) in [4.78, 5) is 32.3. The van der Waals surface area contributed by atoms with E-state index in [-0.39, 0.29) is 18.2 Å². The first-order chi connectivity index (χ1) is 14.2. The molecule has 2 saturated heterocycles. The summed E-state index contributed by atoms with van der Waals surface area (Å²) in [5.41, 5.74) is 2.27. The van der Waals surface area contributed by atoms with E-state index in [4.69, 9.17) is 9.47 Å². The van der Waals surface area contributed by atoms with Crippen LogP contribution in [0.5, 0.6) is 0 Å². The highest BCUT2D eigenvalue weighted by molar-refractivity contribution is 5.93. The van der Waals surface area contributed by atoms with Gasteiger partial charge in [0.15, 0.2) is 0 Å². The zero-order valence-corrected chi connectivity index (χ0v) is 16.1. The number of nitrogens with zero attached hydrogens (tertiary/aromatic N) is 3. The van der Waals surface area contributed by atoms with Gasteiger partial charge in [0.1, 0.15) is 6.61 Å². The molecule has 8 heteroatoms. The van der Waals surface area contributed by atoms with Crippen molar-refractivity contribution in [2.75, 3.05) is 36.5 Å². The Kier molecular flexibility index (Phi) is 5.90. The normalized spacial score (nSPS) is 18.6. The summed E-state index contributed by atoms with van der Waals surface area (Å²) < 4.78 is 10.7. The van der Waals surface area contributed by atoms with E-state index in [1.807, 2.05) is 24.3 Å². The number of pyridine rings is 1. The maximum atomic E-state index is 13.0. The first-order valence-corrected chi connectivity index (χ1v) is 9.80. The lowest BCUT2D eigenvalue weighted by Crippen LogP contribution is -2.39. The minimum Gasteiger partial charge on any atom is -0.447 e. The standard InChI is InChI=1S/C21H24N4O4/c26-20(23-17-5-1-6-18(12-17)25-9-11-29-21(25)27)24(15-19-7-3-10-28-19)14-16-4-2-8-22-13-16/h1-2,4-6,8,12-13,19H,3,7,9-11,14-15H2,(H,23,26)/t19-/m0/s1. The molecule has 2 fully saturated rings. The predicted molar refractivity (Wildman–Crippen MR) is 108 cm³/mol. The third kappa shape index (κ3) is 4.83. The van der Waals surface area contributed by atoms with Gasteiger partial charge in [0.05, 0.1) is 12.6 Å².